The molecule has 0 amide bonds. The van der Waals surface area contributed by atoms with Crippen molar-refractivity contribution in [3.8, 4) is 11.5 Å². The van der Waals surface area contributed by atoms with E-state index in [2.05, 4.69) is 47.8 Å². The first-order valence-corrected chi connectivity index (χ1v) is 8.86. The second-order valence-electron chi connectivity index (χ2n) is 4.26. The van der Waals surface area contributed by atoms with Crippen molar-refractivity contribution < 1.29 is 9.47 Å². The van der Waals surface area contributed by atoms with Crippen LogP contribution in [0.4, 0.5) is 0 Å². The van der Waals surface area contributed by atoms with Gasteiger partial charge in [-0.3, -0.25) is 0 Å². The minimum atomic E-state index is -0.0154. The highest BCUT2D eigenvalue weighted by Crippen LogP contribution is 2.43. The monoisotopic (exact) mass is 496 g/mol. The zero-order chi connectivity index (χ0) is 15.6. The molecule has 0 spiro atoms. The third kappa shape index (κ3) is 3.76. The number of ether oxygens (including phenoxy) is 2. The predicted molar refractivity (Wildman–Crippen MR) is 97.2 cm³/mol. The normalized spacial score (nSPS) is 12.1. The molecule has 1 unspecified atom stereocenters. The van der Waals surface area contributed by atoms with Crippen molar-refractivity contribution in [2.24, 2.45) is 0 Å². The van der Waals surface area contributed by atoms with E-state index in [1.165, 1.54) is 0 Å². The minimum Gasteiger partial charge on any atom is -0.493 e. The van der Waals surface area contributed by atoms with E-state index < -0.39 is 0 Å². The summed E-state index contributed by atoms with van der Waals surface area (Å²) in [7, 11) is 3.24. The van der Waals surface area contributed by atoms with Crippen molar-refractivity contribution in [1.29, 1.82) is 0 Å². The second-order valence-corrected chi connectivity index (χ2v) is 7.32. The fourth-order valence-corrected chi connectivity index (χ4v) is 4.79. The van der Waals surface area contributed by atoms with Crippen LogP contribution in [-0.2, 0) is 0 Å². The molecule has 2 rings (SSSR count). The summed E-state index contributed by atoms with van der Waals surface area (Å²) in [5.41, 5.74) is 2.11. The van der Waals surface area contributed by atoms with Crippen molar-refractivity contribution in [3.63, 3.8) is 0 Å². The van der Waals surface area contributed by atoms with Gasteiger partial charge < -0.3 is 9.47 Å². The second kappa shape index (κ2) is 7.36. The fourth-order valence-electron chi connectivity index (χ4n) is 1.94. The lowest BCUT2D eigenvalue weighted by atomic mass is 10.0. The van der Waals surface area contributed by atoms with Crippen molar-refractivity contribution in [3.05, 3.63) is 55.4 Å². The van der Waals surface area contributed by atoms with E-state index in [4.69, 9.17) is 21.1 Å². The van der Waals surface area contributed by atoms with Gasteiger partial charge in [-0.25, -0.2) is 0 Å². The van der Waals surface area contributed by atoms with Crippen LogP contribution in [0, 0.1) is 0 Å². The standard InChI is InChI=1S/C15H12Br3ClO2/c1-20-13-6-10(12(17)7-14(13)21-2)15(18)9-4-3-8(19)5-11(9)16/h3-7,15H,1-2H3. The van der Waals surface area contributed by atoms with Crippen molar-refractivity contribution in [1.82, 2.24) is 0 Å². The van der Waals surface area contributed by atoms with Gasteiger partial charge in [-0.15, -0.1) is 0 Å². The number of halogens is 4. The number of hydrogen-bond acceptors (Lipinski definition) is 2. The van der Waals surface area contributed by atoms with Crippen molar-refractivity contribution in [2.75, 3.05) is 14.2 Å². The maximum Gasteiger partial charge on any atom is 0.161 e. The van der Waals surface area contributed by atoms with Crippen LogP contribution in [0.1, 0.15) is 16.0 Å². The molecule has 0 N–H and O–H groups in total. The highest BCUT2D eigenvalue weighted by molar-refractivity contribution is 9.11. The third-order valence-electron chi connectivity index (χ3n) is 3.01. The molecule has 2 aromatic rings. The molecule has 0 aromatic heterocycles. The Morgan fingerprint density at radius 2 is 1.48 bits per heavy atom. The number of alkyl halides is 1. The Morgan fingerprint density at radius 1 is 0.905 bits per heavy atom. The van der Waals surface area contributed by atoms with Crippen LogP contribution in [0.2, 0.25) is 5.02 Å². The van der Waals surface area contributed by atoms with E-state index in [1.807, 2.05) is 30.3 Å². The molecule has 2 nitrogen and oxygen atoms in total. The molecule has 0 saturated heterocycles. The maximum atomic E-state index is 6.00. The summed E-state index contributed by atoms with van der Waals surface area (Å²) in [6.07, 6.45) is 0. The van der Waals surface area contributed by atoms with Gasteiger partial charge in [0.2, 0.25) is 0 Å². The molecule has 0 fully saturated rings. The van der Waals surface area contributed by atoms with Gasteiger partial charge in [0.05, 0.1) is 19.0 Å². The first-order valence-electron chi connectivity index (χ1n) is 5.98. The molecule has 0 saturated carbocycles. The Morgan fingerprint density at radius 3 is 2.05 bits per heavy atom. The number of benzene rings is 2. The summed E-state index contributed by atoms with van der Waals surface area (Å²) in [6.45, 7) is 0. The van der Waals surface area contributed by atoms with Crippen LogP contribution in [0.25, 0.3) is 0 Å². The summed E-state index contributed by atoms with van der Waals surface area (Å²) in [4.78, 5) is -0.0154. The smallest absolute Gasteiger partial charge is 0.161 e. The van der Waals surface area contributed by atoms with Crippen LogP contribution in [0.3, 0.4) is 0 Å². The largest absolute Gasteiger partial charge is 0.493 e. The average molecular weight is 499 g/mol. The van der Waals surface area contributed by atoms with E-state index in [9.17, 15) is 0 Å². The van der Waals surface area contributed by atoms with Crippen LogP contribution in [0.15, 0.2) is 39.3 Å². The summed E-state index contributed by atoms with van der Waals surface area (Å²) in [6, 6.07) is 9.56. The quantitative estimate of drug-likeness (QED) is 0.456. The predicted octanol–water partition coefficient (Wildman–Crippen LogP) is 6.37. The van der Waals surface area contributed by atoms with Gasteiger partial charge >= 0.3 is 0 Å². The average Bonchev–Trinajstić information content (AvgIpc) is 2.46. The summed E-state index contributed by atoms with van der Waals surface area (Å²) in [5.74, 6) is 1.37. The van der Waals surface area contributed by atoms with Crippen molar-refractivity contribution in [2.45, 2.75) is 4.83 Å². The first-order chi connectivity index (χ1) is 9.97. The van der Waals surface area contributed by atoms with Gasteiger partial charge in [-0.05, 0) is 35.4 Å². The zero-order valence-corrected chi connectivity index (χ0v) is 16.8. The molecule has 0 bridgehead atoms. The Labute approximate surface area is 154 Å². The molecule has 0 aliphatic carbocycles. The van der Waals surface area contributed by atoms with E-state index in [0.29, 0.717) is 16.5 Å². The summed E-state index contributed by atoms with van der Waals surface area (Å²) >= 11 is 16.9. The highest BCUT2D eigenvalue weighted by Gasteiger charge is 2.19. The van der Waals surface area contributed by atoms with E-state index in [1.54, 1.807) is 14.2 Å². The fraction of sp³-hybridized carbons (Fsp3) is 0.200. The highest BCUT2D eigenvalue weighted by atomic mass is 79.9. The van der Waals surface area contributed by atoms with E-state index in [-0.39, 0.29) is 4.83 Å². The molecule has 21 heavy (non-hydrogen) atoms. The lowest BCUT2D eigenvalue weighted by molar-refractivity contribution is 0.354. The molecule has 0 radical (unpaired) electrons. The molecule has 0 aliphatic rings. The third-order valence-corrected chi connectivity index (χ3v) is 5.61. The summed E-state index contributed by atoms with van der Waals surface area (Å²) in [5, 5.41) is 0.691. The van der Waals surface area contributed by atoms with Crippen molar-refractivity contribution >= 4 is 59.4 Å². The Bertz CT molecular complexity index is 662. The van der Waals surface area contributed by atoms with Crippen LogP contribution >= 0.6 is 59.4 Å². The molecule has 112 valence electrons. The lowest BCUT2D eigenvalue weighted by Crippen LogP contribution is -1.98. The zero-order valence-electron chi connectivity index (χ0n) is 11.3. The Balaban J connectivity index is 2.50. The van der Waals surface area contributed by atoms with Gasteiger partial charge in [0.25, 0.3) is 0 Å². The Kier molecular flexibility index (Phi) is 6.00. The number of methoxy groups -OCH3 is 2. The molecular weight excluding hydrogens is 487 g/mol. The van der Waals surface area contributed by atoms with Crippen LogP contribution in [-0.4, -0.2) is 14.2 Å². The Hall–Kier alpha value is -0.230. The maximum absolute atomic E-state index is 6.00. The molecule has 6 heteroatoms. The number of rotatable bonds is 4. The van der Waals surface area contributed by atoms with Gasteiger partial charge in [0.15, 0.2) is 11.5 Å². The van der Waals surface area contributed by atoms with E-state index in [0.717, 1.165) is 20.1 Å². The minimum absolute atomic E-state index is 0.0154. The SMILES string of the molecule is COc1cc(Br)c(C(Br)c2ccc(Cl)cc2Br)cc1OC. The molecule has 2 aromatic carbocycles. The topological polar surface area (TPSA) is 18.5 Å². The first kappa shape index (κ1) is 17.1. The van der Waals surface area contributed by atoms with Gasteiger partial charge in [0, 0.05) is 14.0 Å². The van der Waals surface area contributed by atoms with E-state index >= 15 is 0 Å². The lowest BCUT2D eigenvalue weighted by Gasteiger charge is -2.17. The van der Waals surface area contributed by atoms with Gasteiger partial charge in [-0.1, -0.05) is 65.5 Å². The van der Waals surface area contributed by atoms with Gasteiger partial charge in [0.1, 0.15) is 0 Å². The molecular formula is C15H12Br3ClO2. The molecule has 0 heterocycles. The van der Waals surface area contributed by atoms with Gasteiger partial charge in [-0.2, -0.15) is 0 Å². The van der Waals surface area contributed by atoms with Crippen LogP contribution in [0.5, 0.6) is 11.5 Å². The molecule has 1 atom stereocenters. The van der Waals surface area contributed by atoms with Crippen LogP contribution < -0.4 is 9.47 Å². The molecule has 0 aliphatic heterocycles. The summed E-state index contributed by atoms with van der Waals surface area (Å²) < 4.78 is 12.5. The number of hydrogen-bond donors (Lipinski definition) is 0.